The van der Waals surface area contributed by atoms with Crippen molar-refractivity contribution in [2.75, 3.05) is 0 Å². The van der Waals surface area contributed by atoms with E-state index < -0.39 is 20.2 Å². The fourth-order valence-electron chi connectivity index (χ4n) is 5.15. The van der Waals surface area contributed by atoms with Crippen molar-refractivity contribution in [3.05, 3.63) is 82.9 Å². The third-order valence-corrected chi connectivity index (χ3v) is 8.71. The molecule has 0 aliphatic heterocycles. The Kier molecular flexibility index (Phi) is 13.8. The summed E-state index contributed by atoms with van der Waals surface area (Å²) < 4.78 is 68.2. The smallest absolute Gasteiger partial charge is 0.744 e. The summed E-state index contributed by atoms with van der Waals surface area (Å²) in [5.41, 5.74) is 4.57. The van der Waals surface area contributed by atoms with Crippen LogP contribution < -0.4 is 0 Å². The predicted molar refractivity (Wildman–Crippen MR) is 166 cm³/mol. The number of aryl methyl sites for hydroxylation is 4. The number of rotatable bonds is 10. The van der Waals surface area contributed by atoms with Gasteiger partial charge in [0.1, 0.15) is 20.2 Å². The van der Waals surface area contributed by atoms with E-state index >= 15 is 0 Å². The minimum atomic E-state index is -4.44. The topological polar surface area (TPSA) is 114 Å². The monoisotopic (exact) mass is 622 g/mol. The second-order valence-corrected chi connectivity index (χ2v) is 12.8. The summed E-state index contributed by atoms with van der Waals surface area (Å²) >= 11 is 0. The van der Waals surface area contributed by atoms with Crippen molar-refractivity contribution in [2.45, 2.75) is 88.9 Å². The Bertz CT molecular complexity index is 1570. The molecule has 4 rings (SSSR count). The molecule has 0 aliphatic rings. The van der Waals surface area contributed by atoms with Crippen LogP contribution in [-0.2, 0) is 45.9 Å². The van der Waals surface area contributed by atoms with Gasteiger partial charge in [0.2, 0.25) is 0 Å². The van der Waals surface area contributed by atoms with Crippen molar-refractivity contribution < 1.29 is 25.9 Å². The van der Waals surface area contributed by atoms with Crippen LogP contribution in [0, 0.1) is 0 Å². The normalized spacial score (nSPS) is 11.7. The van der Waals surface area contributed by atoms with E-state index in [4.69, 9.17) is 0 Å². The van der Waals surface area contributed by atoms with Gasteiger partial charge in [0.15, 0.2) is 0 Å². The molecule has 0 heterocycles. The van der Waals surface area contributed by atoms with Crippen LogP contribution in [0.3, 0.4) is 0 Å². The Morgan fingerprint density at radius 1 is 0.488 bits per heavy atom. The summed E-state index contributed by atoms with van der Waals surface area (Å²) in [5.74, 6) is 0. The number of fused-ring (bicyclic) bond motifs is 2. The molecule has 0 spiro atoms. The maximum absolute atomic E-state index is 11.4. The van der Waals surface area contributed by atoms with Gasteiger partial charge < -0.3 is 9.11 Å². The minimum absolute atomic E-state index is 0. The predicted octanol–water partition coefficient (Wildman–Crippen LogP) is 6.92. The van der Waals surface area contributed by atoms with E-state index in [-0.39, 0.29) is 47.5 Å². The summed E-state index contributed by atoms with van der Waals surface area (Å²) in [5, 5.41) is 2.89. The van der Waals surface area contributed by atoms with Crippen LogP contribution in [0.5, 0.6) is 0 Å². The average molecular weight is 623 g/mol. The Morgan fingerprint density at radius 2 is 0.829 bits per heavy atom. The summed E-state index contributed by atoms with van der Waals surface area (Å²) in [6, 6.07) is 17.8. The van der Waals surface area contributed by atoms with E-state index in [1.807, 2.05) is 24.3 Å². The molecule has 9 heteroatoms. The second-order valence-electron chi connectivity index (χ2n) is 10.1. The van der Waals surface area contributed by atoms with Crippen LogP contribution in [0.4, 0.5) is 0 Å². The van der Waals surface area contributed by atoms with E-state index in [9.17, 15) is 25.9 Å². The number of benzene rings is 4. The molecule has 6 nitrogen and oxygen atoms in total. The Hall–Kier alpha value is -1.52. The van der Waals surface area contributed by atoms with Crippen molar-refractivity contribution >= 4 is 79.5 Å². The Balaban J connectivity index is 0.000000280. The second kappa shape index (κ2) is 15.8. The van der Waals surface area contributed by atoms with E-state index in [2.05, 4.69) is 27.7 Å². The van der Waals surface area contributed by atoms with Gasteiger partial charge in [-0.15, -0.1) is 0 Å². The van der Waals surface area contributed by atoms with Gasteiger partial charge in [-0.25, -0.2) is 16.8 Å². The van der Waals surface area contributed by atoms with Gasteiger partial charge in [0.25, 0.3) is 0 Å². The third-order valence-electron chi connectivity index (χ3n) is 6.92. The van der Waals surface area contributed by atoms with E-state index in [0.717, 1.165) is 73.3 Å². The van der Waals surface area contributed by atoms with Gasteiger partial charge >= 0.3 is 37.7 Å². The molecule has 0 aromatic heterocycles. The molecular weight excluding hydrogens is 585 g/mol. The van der Waals surface area contributed by atoms with Gasteiger partial charge in [0, 0.05) is 0 Å². The van der Waals surface area contributed by atoms with Gasteiger partial charge in [-0.05, 0) is 81.6 Å². The summed E-state index contributed by atoms with van der Waals surface area (Å²) in [4.78, 5) is -0.231. The van der Waals surface area contributed by atoms with Crippen molar-refractivity contribution in [1.29, 1.82) is 0 Å². The molecular formula is C32H38CaO6S2. The zero-order valence-corrected chi connectivity index (χ0v) is 28.2. The van der Waals surface area contributed by atoms with Crippen LogP contribution in [-0.4, -0.2) is 63.7 Å². The van der Waals surface area contributed by atoms with Crippen molar-refractivity contribution in [1.82, 2.24) is 0 Å². The molecule has 0 radical (unpaired) electrons. The molecule has 0 saturated carbocycles. The molecule has 0 aliphatic carbocycles. The largest absolute Gasteiger partial charge is 2.00 e. The summed E-state index contributed by atoms with van der Waals surface area (Å²) in [6.45, 7) is 8.38. The molecule has 0 amide bonds. The summed E-state index contributed by atoms with van der Waals surface area (Å²) in [6.07, 6.45) is 7.71. The SMILES string of the molecule is CCCc1ccc2c(S(=O)(=O)[O-])ccc(CCC)c2c1.CCCc1ccc2c(S(=O)(=O)[O-])ccc(CCC)c2c1.[Ca+2]. The first kappa shape index (κ1) is 35.7. The van der Waals surface area contributed by atoms with Crippen LogP contribution in [0.2, 0.25) is 0 Å². The third kappa shape index (κ3) is 9.23. The van der Waals surface area contributed by atoms with Gasteiger partial charge in [-0.1, -0.05) is 102 Å². The zero-order valence-electron chi connectivity index (χ0n) is 24.4. The van der Waals surface area contributed by atoms with Gasteiger partial charge in [0.05, 0.1) is 9.79 Å². The standard InChI is InChI=1S/2C16H20O3S.Ca/c2*1-3-5-12-7-9-14-15(11-12)13(6-4-2)8-10-16(14)20(17,18)19;/h2*7-11H,3-6H2,1-2H3,(H,17,18,19);/q;;+2/p-2. The fraction of sp³-hybridized carbons (Fsp3) is 0.375. The molecule has 0 unspecified atom stereocenters. The van der Waals surface area contributed by atoms with E-state index in [1.165, 1.54) is 23.3 Å². The fourth-order valence-corrected chi connectivity index (χ4v) is 6.52. The molecule has 41 heavy (non-hydrogen) atoms. The number of hydrogen-bond acceptors (Lipinski definition) is 6. The van der Waals surface area contributed by atoms with E-state index in [1.54, 1.807) is 24.3 Å². The molecule has 4 aromatic rings. The number of hydrogen-bond donors (Lipinski definition) is 0. The molecule has 4 aromatic carbocycles. The van der Waals surface area contributed by atoms with E-state index in [0.29, 0.717) is 10.8 Å². The van der Waals surface area contributed by atoms with Crippen molar-refractivity contribution in [3.63, 3.8) is 0 Å². The quantitative estimate of drug-likeness (QED) is 0.140. The zero-order chi connectivity index (χ0) is 29.5. The molecule has 0 saturated heterocycles. The maximum atomic E-state index is 11.4. The Labute approximate surface area is 275 Å². The average Bonchev–Trinajstić information content (AvgIpc) is 2.89. The molecule has 0 atom stereocenters. The van der Waals surface area contributed by atoms with Gasteiger partial charge in [-0.3, -0.25) is 0 Å². The van der Waals surface area contributed by atoms with Crippen molar-refractivity contribution in [2.24, 2.45) is 0 Å². The van der Waals surface area contributed by atoms with Crippen molar-refractivity contribution in [3.8, 4) is 0 Å². The molecule has 0 N–H and O–H groups in total. The maximum Gasteiger partial charge on any atom is 2.00 e. The summed E-state index contributed by atoms with van der Waals surface area (Å²) in [7, 11) is -8.87. The van der Waals surface area contributed by atoms with Gasteiger partial charge in [-0.2, -0.15) is 0 Å². The van der Waals surface area contributed by atoms with Crippen LogP contribution in [0.15, 0.2) is 70.5 Å². The minimum Gasteiger partial charge on any atom is -0.744 e. The first-order valence-electron chi connectivity index (χ1n) is 13.9. The van der Waals surface area contributed by atoms with Crippen LogP contribution >= 0.6 is 0 Å². The molecule has 216 valence electrons. The molecule has 0 fully saturated rings. The van der Waals surface area contributed by atoms with Crippen LogP contribution in [0.25, 0.3) is 21.5 Å². The first-order valence-corrected chi connectivity index (χ1v) is 16.8. The molecule has 0 bridgehead atoms. The first-order chi connectivity index (χ1) is 18.9. The van der Waals surface area contributed by atoms with Crippen LogP contribution in [0.1, 0.15) is 75.6 Å². The Morgan fingerprint density at radius 3 is 1.12 bits per heavy atom.